The third-order valence-electron chi connectivity index (χ3n) is 2.47. The zero-order valence-corrected chi connectivity index (χ0v) is 11.6. The van der Waals surface area contributed by atoms with Crippen molar-refractivity contribution in [3.8, 4) is 17.6 Å². The smallest absolute Gasteiger partial charge is 0.231 e. The summed E-state index contributed by atoms with van der Waals surface area (Å²) in [6, 6.07) is 7.45. The molecule has 0 saturated carbocycles. The number of aliphatic hydroxyl groups is 1. The van der Waals surface area contributed by atoms with Gasteiger partial charge in [-0.05, 0) is 25.2 Å². The summed E-state index contributed by atoms with van der Waals surface area (Å²) in [6.45, 7) is 1.37. The first-order valence-corrected chi connectivity index (χ1v) is 6.41. The van der Waals surface area contributed by atoms with E-state index >= 15 is 0 Å². The van der Waals surface area contributed by atoms with Crippen LogP contribution >= 0.6 is 0 Å². The van der Waals surface area contributed by atoms with E-state index in [1.807, 2.05) is 31.3 Å². The molecule has 0 saturated heterocycles. The van der Waals surface area contributed by atoms with Gasteiger partial charge in [0.2, 0.25) is 5.91 Å². The van der Waals surface area contributed by atoms with Gasteiger partial charge >= 0.3 is 0 Å². The van der Waals surface area contributed by atoms with E-state index in [2.05, 4.69) is 11.8 Å². The van der Waals surface area contributed by atoms with E-state index in [4.69, 9.17) is 15.6 Å². The molecule has 0 fully saturated rings. The van der Waals surface area contributed by atoms with Crippen LogP contribution in [0.3, 0.4) is 0 Å². The Bertz CT molecular complexity index is 491. The van der Waals surface area contributed by atoms with Gasteiger partial charge in [0.25, 0.3) is 0 Å². The lowest BCUT2D eigenvalue weighted by atomic mass is 10.2. The summed E-state index contributed by atoms with van der Waals surface area (Å²) in [4.78, 5) is 12.5. The minimum Gasteiger partial charge on any atom is -0.492 e. The lowest BCUT2D eigenvalue weighted by Crippen LogP contribution is -2.33. The maximum absolute atomic E-state index is 10.7. The Morgan fingerprint density at radius 1 is 1.50 bits per heavy atom. The molecule has 0 atom stereocenters. The minimum absolute atomic E-state index is 0.0649. The third kappa shape index (κ3) is 6.78. The number of ether oxygens (including phenoxy) is 1. The number of carbonyl (C=O) groups is 1. The van der Waals surface area contributed by atoms with Crippen molar-refractivity contribution in [1.82, 2.24) is 4.90 Å². The second-order valence-corrected chi connectivity index (χ2v) is 4.36. The molecule has 3 N–H and O–H groups in total. The van der Waals surface area contributed by atoms with E-state index in [1.54, 1.807) is 4.90 Å². The predicted molar refractivity (Wildman–Crippen MR) is 77.2 cm³/mol. The van der Waals surface area contributed by atoms with Crippen LogP contribution < -0.4 is 10.5 Å². The molecule has 1 aromatic rings. The molecule has 0 radical (unpaired) electrons. The zero-order valence-electron chi connectivity index (χ0n) is 11.6. The third-order valence-corrected chi connectivity index (χ3v) is 2.47. The number of benzene rings is 1. The molecule has 1 amide bonds. The Labute approximate surface area is 119 Å². The standard InChI is InChI=1S/C15H20N2O3/c1-17(12-15(16)19)8-10-20-14-7-4-6-13(11-14)5-2-3-9-18/h4,6-7,11,18H,3,8-10,12H2,1H3,(H2,16,19). The summed E-state index contributed by atoms with van der Waals surface area (Å²) in [5.41, 5.74) is 5.95. The normalized spacial score (nSPS) is 9.95. The Kier molecular flexibility index (Phi) is 7.18. The van der Waals surface area contributed by atoms with Gasteiger partial charge < -0.3 is 15.6 Å². The molecule has 1 aromatic carbocycles. The number of amides is 1. The molecule has 0 unspecified atom stereocenters. The number of aliphatic hydroxyl groups excluding tert-OH is 1. The lowest BCUT2D eigenvalue weighted by molar-refractivity contribution is -0.118. The van der Waals surface area contributed by atoms with Crippen LogP contribution in [-0.2, 0) is 4.79 Å². The molecule has 0 heterocycles. The van der Waals surface area contributed by atoms with Gasteiger partial charge in [0.15, 0.2) is 0 Å². The van der Waals surface area contributed by atoms with E-state index in [0.29, 0.717) is 19.6 Å². The fraction of sp³-hybridized carbons (Fsp3) is 0.400. The summed E-state index contributed by atoms with van der Waals surface area (Å²) in [5, 5.41) is 8.66. The van der Waals surface area contributed by atoms with Crippen molar-refractivity contribution < 1.29 is 14.6 Å². The highest BCUT2D eigenvalue weighted by Gasteiger charge is 2.02. The van der Waals surface area contributed by atoms with Gasteiger partial charge in [0.1, 0.15) is 12.4 Å². The van der Waals surface area contributed by atoms with Gasteiger partial charge in [0.05, 0.1) is 13.2 Å². The molecule has 0 spiro atoms. The zero-order chi connectivity index (χ0) is 14.8. The topological polar surface area (TPSA) is 75.8 Å². The van der Waals surface area contributed by atoms with E-state index in [9.17, 15) is 4.79 Å². The van der Waals surface area contributed by atoms with Crippen molar-refractivity contribution in [3.63, 3.8) is 0 Å². The van der Waals surface area contributed by atoms with Gasteiger partial charge in [-0.25, -0.2) is 0 Å². The first kappa shape index (κ1) is 16.0. The average Bonchev–Trinajstić information content (AvgIpc) is 2.39. The lowest BCUT2D eigenvalue weighted by Gasteiger charge is -2.14. The van der Waals surface area contributed by atoms with Crippen molar-refractivity contribution in [2.75, 3.05) is 33.4 Å². The molecule has 108 valence electrons. The number of carbonyl (C=O) groups excluding carboxylic acids is 1. The Morgan fingerprint density at radius 3 is 3.00 bits per heavy atom. The largest absolute Gasteiger partial charge is 0.492 e. The van der Waals surface area contributed by atoms with Gasteiger partial charge in [-0.15, -0.1) is 0 Å². The van der Waals surface area contributed by atoms with Gasteiger partial charge in [0, 0.05) is 18.5 Å². The van der Waals surface area contributed by atoms with Crippen LogP contribution in [-0.4, -0.2) is 49.3 Å². The minimum atomic E-state index is -0.353. The molecule has 5 nitrogen and oxygen atoms in total. The highest BCUT2D eigenvalue weighted by molar-refractivity contribution is 5.75. The quantitative estimate of drug-likeness (QED) is 0.698. The molecule has 0 aromatic heterocycles. The Hall–Kier alpha value is -2.03. The van der Waals surface area contributed by atoms with Crippen LogP contribution in [0.2, 0.25) is 0 Å². The number of nitrogens with zero attached hydrogens (tertiary/aromatic N) is 1. The highest BCUT2D eigenvalue weighted by Crippen LogP contribution is 2.12. The van der Waals surface area contributed by atoms with Gasteiger partial charge in [-0.3, -0.25) is 9.69 Å². The van der Waals surface area contributed by atoms with Crippen molar-refractivity contribution in [1.29, 1.82) is 0 Å². The van der Waals surface area contributed by atoms with Crippen LogP contribution in [0.25, 0.3) is 0 Å². The average molecular weight is 276 g/mol. The fourth-order valence-electron chi connectivity index (χ4n) is 1.55. The highest BCUT2D eigenvalue weighted by atomic mass is 16.5. The Balaban J connectivity index is 2.43. The molecular formula is C15H20N2O3. The summed E-state index contributed by atoms with van der Waals surface area (Å²) >= 11 is 0. The van der Waals surface area contributed by atoms with E-state index < -0.39 is 0 Å². The van der Waals surface area contributed by atoms with Gasteiger partial charge in [-0.1, -0.05) is 17.9 Å². The predicted octanol–water partition coefficient (Wildman–Crippen LogP) is 0.216. The number of likely N-dealkylation sites (N-methyl/N-ethyl adjacent to an activating group) is 1. The van der Waals surface area contributed by atoms with E-state index in [-0.39, 0.29) is 19.1 Å². The van der Waals surface area contributed by atoms with Gasteiger partial charge in [-0.2, -0.15) is 0 Å². The summed E-state index contributed by atoms with van der Waals surface area (Å²) < 4.78 is 5.59. The molecule has 1 rings (SSSR count). The molecular weight excluding hydrogens is 256 g/mol. The number of nitrogens with two attached hydrogens (primary N) is 1. The van der Waals surface area contributed by atoms with Crippen LogP contribution in [0, 0.1) is 11.8 Å². The number of hydrogen-bond donors (Lipinski definition) is 2. The van der Waals surface area contributed by atoms with Crippen molar-refractivity contribution in [3.05, 3.63) is 29.8 Å². The van der Waals surface area contributed by atoms with Crippen molar-refractivity contribution >= 4 is 5.91 Å². The van der Waals surface area contributed by atoms with Crippen molar-refractivity contribution in [2.24, 2.45) is 5.73 Å². The summed E-state index contributed by atoms with van der Waals surface area (Å²) in [7, 11) is 1.81. The maximum Gasteiger partial charge on any atom is 0.231 e. The molecule has 0 aliphatic heterocycles. The van der Waals surface area contributed by atoms with Crippen LogP contribution in [0.1, 0.15) is 12.0 Å². The van der Waals surface area contributed by atoms with E-state index in [1.165, 1.54) is 0 Å². The van der Waals surface area contributed by atoms with Crippen LogP contribution in [0.5, 0.6) is 5.75 Å². The summed E-state index contributed by atoms with van der Waals surface area (Å²) in [5.74, 6) is 6.19. The number of rotatable bonds is 7. The molecule has 20 heavy (non-hydrogen) atoms. The van der Waals surface area contributed by atoms with E-state index in [0.717, 1.165) is 11.3 Å². The first-order chi connectivity index (χ1) is 9.61. The summed E-state index contributed by atoms with van der Waals surface area (Å²) in [6.07, 6.45) is 0.461. The SMILES string of the molecule is CN(CCOc1cccc(C#CCCO)c1)CC(N)=O. The molecule has 0 aliphatic carbocycles. The molecule has 5 heteroatoms. The fourth-order valence-corrected chi connectivity index (χ4v) is 1.55. The second-order valence-electron chi connectivity index (χ2n) is 4.36. The van der Waals surface area contributed by atoms with Crippen molar-refractivity contribution in [2.45, 2.75) is 6.42 Å². The van der Waals surface area contributed by atoms with Crippen LogP contribution in [0.4, 0.5) is 0 Å². The maximum atomic E-state index is 10.7. The second kappa shape index (κ2) is 8.97. The monoisotopic (exact) mass is 276 g/mol. The first-order valence-electron chi connectivity index (χ1n) is 6.41. The van der Waals surface area contributed by atoms with Crippen LogP contribution in [0.15, 0.2) is 24.3 Å². The molecule has 0 bridgehead atoms. The number of hydrogen-bond acceptors (Lipinski definition) is 4. The number of primary amides is 1. The Morgan fingerprint density at radius 2 is 2.30 bits per heavy atom. The molecule has 0 aliphatic rings.